The SMILES string of the molecule is CNC(=O)c1c(-c2ccc(F)cc2)oc2ccc(-c3cc(C(C)=O)c(C)cc3C)c(F)c12. The molecule has 4 rings (SSSR count). The summed E-state index contributed by atoms with van der Waals surface area (Å²) >= 11 is 0. The molecule has 0 atom stereocenters. The van der Waals surface area contributed by atoms with Crippen LogP contribution in [0.2, 0.25) is 0 Å². The smallest absolute Gasteiger partial charge is 0.255 e. The summed E-state index contributed by atoms with van der Waals surface area (Å²) in [5, 5.41) is 2.56. The van der Waals surface area contributed by atoms with Gasteiger partial charge in [-0.05, 0) is 79.9 Å². The summed E-state index contributed by atoms with van der Waals surface area (Å²) in [6, 6.07) is 12.1. The number of carbonyl (C=O) groups is 2. The standard InChI is InChI=1S/C26H21F2NO3/c1-13-11-14(2)20(12-19(13)15(3)30)18-9-10-21-22(24(18)28)23(26(31)29-4)25(32-21)16-5-7-17(27)8-6-16/h5-12H,1-4H3,(H,29,31). The van der Waals surface area contributed by atoms with Gasteiger partial charge in [0.15, 0.2) is 5.78 Å². The van der Waals surface area contributed by atoms with Crippen LogP contribution in [0.25, 0.3) is 33.4 Å². The lowest BCUT2D eigenvalue weighted by Crippen LogP contribution is -2.18. The summed E-state index contributed by atoms with van der Waals surface area (Å²) in [5.74, 6) is -1.54. The van der Waals surface area contributed by atoms with Crippen LogP contribution in [0.15, 0.2) is 52.9 Å². The number of Topliss-reactive ketones (excluding diaryl/α,β-unsaturated/α-hetero) is 1. The summed E-state index contributed by atoms with van der Waals surface area (Å²) < 4.78 is 35.2. The number of hydrogen-bond donors (Lipinski definition) is 1. The summed E-state index contributed by atoms with van der Waals surface area (Å²) in [4.78, 5) is 24.8. The number of ketones is 1. The molecule has 0 saturated carbocycles. The van der Waals surface area contributed by atoms with Crippen molar-refractivity contribution >= 4 is 22.7 Å². The van der Waals surface area contributed by atoms with E-state index < -0.39 is 17.5 Å². The second-order valence-corrected chi connectivity index (χ2v) is 7.73. The molecule has 1 aromatic heterocycles. The Kier molecular flexibility index (Phi) is 5.38. The average molecular weight is 433 g/mol. The molecule has 0 spiro atoms. The van der Waals surface area contributed by atoms with Gasteiger partial charge in [0.2, 0.25) is 0 Å². The van der Waals surface area contributed by atoms with Gasteiger partial charge in [0.05, 0.1) is 10.9 Å². The monoisotopic (exact) mass is 433 g/mol. The van der Waals surface area contributed by atoms with E-state index in [2.05, 4.69) is 5.32 Å². The van der Waals surface area contributed by atoms with Crippen LogP contribution < -0.4 is 5.32 Å². The molecule has 0 fully saturated rings. The Morgan fingerprint density at radius 2 is 1.59 bits per heavy atom. The van der Waals surface area contributed by atoms with E-state index in [0.717, 1.165) is 11.1 Å². The summed E-state index contributed by atoms with van der Waals surface area (Å²) in [7, 11) is 1.45. The van der Waals surface area contributed by atoms with Crippen LogP contribution in [0, 0.1) is 25.5 Å². The topological polar surface area (TPSA) is 59.3 Å². The van der Waals surface area contributed by atoms with Crippen LogP contribution in [0.5, 0.6) is 0 Å². The molecule has 0 saturated heterocycles. The van der Waals surface area contributed by atoms with E-state index in [9.17, 15) is 14.0 Å². The molecule has 1 N–H and O–H groups in total. The maximum absolute atomic E-state index is 15.9. The first kappa shape index (κ1) is 21.4. The molecule has 0 radical (unpaired) electrons. The lowest BCUT2D eigenvalue weighted by Gasteiger charge is -2.12. The van der Waals surface area contributed by atoms with E-state index in [1.165, 1.54) is 38.2 Å². The molecule has 1 heterocycles. The second kappa shape index (κ2) is 8.04. The van der Waals surface area contributed by atoms with Gasteiger partial charge in [0.25, 0.3) is 5.91 Å². The van der Waals surface area contributed by atoms with Crippen LogP contribution in [-0.2, 0) is 0 Å². The van der Waals surface area contributed by atoms with Gasteiger partial charge in [0.1, 0.15) is 23.0 Å². The van der Waals surface area contributed by atoms with E-state index in [-0.39, 0.29) is 33.6 Å². The molecule has 6 heteroatoms. The lowest BCUT2D eigenvalue weighted by molar-refractivity contribution is 0.0963. The van der Waals surface area contributed by atoms with Crippen LogP contribution >= 0.6 is 0 Å². The number of nitrogens with one attached hydrogen (secondary N) is 1. The summed E-state index contributed by atoms with van der Waals surface area (Å²) in [5.41, 5.74) is 3.62. The normalized spacial score (nSPS) is 11.1. The van der Waals surface area contributed by atoms with E-state index in [4.69, 9.17) is 4.42 Å². The van der Waals surface area contributed by atoms with Gasteiger partial charge in [-0.3, -0.25) is 9.59 Å². The van der Waals surface area contributed by atoms with Crippen LogP contribution in [0.4, 0.5) is 8.78 Å². The number of hydrogen-bond acceptors (Lipinski definition) is 3. The van der Waals surface area contributed by atoms with Gasteiger partial charge in [0, 0.05) is 23.7 Å². The highest BCUT2D eigenvalue weighted by molar-refractivity contribution is 6.12. The number of halogens is 2. The highest BCUT2D eigenvalue weighted by atomic mass is 19.1. The molecule has 162 valence electrons. The number of carbonyl (C=O) groups excluding carboxylic acids is 2. The Labute approximate surface area is 183 Å². The average Bonchev–Trinajstić information content (AvgIpc) is 3.15. The van der Waals surface area contributed by atoms with Gasteiger partial charge in [-0.15, -0.1) is 0 Å². The molecule has 0 bridgehead atoms. The van der Waals surface area contributed by atoms with E-state index in [1.54, 1.807) is 18.2 Å². The van der Waals surface area contributed by atoms with Crippen LogP contribution in [-0.4, -0.2) is 18.7 Å². The molecular weight excluding hydrogens is 412 g/mol. The molecule has 32 heavy (non-hydrogen) atoms. The zero-order valence-electron chi connectivity index (χ0n) is 18.1. The predicted molar refractivity (Wildman–Crippen MR) is 120 cm³/mol. The van der Waals surface area contributed by atoms with Crippen LogP contribution in [0.3, 0.4) is 0 Å². The summed E-state index contributed by atoms with van der Waals surface area (Å²) in [6.45, 7) is 5.15. The largest absolute Gasteiger partial charge is 0.455 e. The van der Waals surface area contributed by atoms with Crippen molar-refractivity contribution in [1.82, 2.24) is 5.32 Å². The van der Waals surface area contributed by atoms with Crippen molar-refractivity contribution in [3.05, 3.63) is 82.4 Å². The van der Waals surface area contributed by atoms with Crippen molar-refractivity contribution < 1.29 is 22.8 Å². The van der Waals surface area contributed by atoms with Crippen molar-refractivity contribution in [2.45, 2.75) is 20.8 Å². The van der Waals surface area contributed by atoms with E-state index >= 15 is 4.39 Å². The first-order valence-electron chi connectivity index (χ1n) is 10.1. The fraction of sp³-hybridized carbons (Fsp3) is 0.154. The van der Waals surface area contributed by atoms with Crippen molar-refractivity contribution in [3.8, 4) is 22.5 Å². The number of benzene rings is 3. The molecule has 4 nitrogen and oxygen atoms in total. The number of fused-ring (bicyclic) bond motifs is 1. The third-order valence-corrected chi connectivity index (χ3v) is 5.59. The Bertz CT molecular complexity index is 1380. The molecule has 0 unspecified atom stereocenters. The number of furan rings is 1. The zero-order valence-corrected chi connectivity index (χ0v) is 18.1. The highest BCUT2D eigenvalue weighted by Gasteiger charge is 2.26. The molecule has 0 aliphatic rings. The number of amides is 1. The third kappa shape index (κ3) is 3.47. The maximum atomic E-state index is 15.9. The van der Waals surface area contributed by atoms with Gasteiger partial charge in [-0.25, -0.2) is 8.78 Å². The van der Waals surface area contributed by atoms with Crippen molar-refractivity contribution in [1.29, 1.82) is 0 Å². The number of rotatable bonds is 4. The minimum Gasteiger partial charge on any atom is -0.455 e. The molecule has 0 aliphatic carbocycles. The van der Waals surface area contributed by atoms with Crippen molar-refractivity contribution in [3.63, 3.8) is 0 Å². The minimum absolute atomic E-state index is 0.0324. The highest BCUT2D eigenvalue weighted by Crippen LogP contribution is 2.39. The minimum atomic E-state index is -0.625. The quantitative estimate of drug-likeness (QED) is 0.389. The first-order chi connectivity index (χ1) is 15.2. The Hall–Kier alpha value is -3.80. The Balaban J connectivity index is 2.03. The maximum Gasteiger partial charge on any atom is 0.255 e. The molecule has 1 amide bonds. The first-order valence-corrected chi connectivity index (χ1v) is 10.1. The molecule has 4 aromatic rings. The van der Waals surface area contributed by atoms with Gasteiger partial charge in [-0.1, -0.05) is 6.07 Å². The molecule has 3 aromatic carbocycles. The Morgan fingerprint density at radius 1 is 0.906 bits per heavy atom. The second-order valence-electron chi connectivity index (χ2n) is 7.73. The predicted octanol–water partition coefficient (Wildman–Crippen LogP) is 6.22. The van der Waals surface area contributed by atoms with Crippen LogP contribution in [0.1, 0.15) is 38.8 Å². The zero-order chi connectivity index (χ0) is 23.2. The molecular formula is C26H21F2NO3. The van der Waals surface area contributed by atoms with E-state index in [0.29, 0.717) is 16.7 Å². The summed E-state index contributed by atoms with van der Waals surface area (Å²) in [6.07, 6.45) is 0. The van der Waals surface area contributed by atoms with Gasteiger partial charge in [-0.2, -0.15) is 0 Å². The fourth-order valence-corrected chi connectivity index (χ4v) is 4.03. The third-order valence-electron chi connectivity index (χ3n) is 5.59. The Morgan fingerprint density at radius 3 is 2.22 bits per heavy atom. The number of aryl methyl sites for hydroxylation is 2. The van der Waals surface area contributed by atoms with Crippen molar-refractivity contribution in [2.75, 3.05) is 7.05 Å². The fourth-order valence-electron chi connectivity index (χ4n) is 4.03. The van der Waals surface area contributed by atoms with E-state index in [1.807, 2.05) is 19.9 Å². The molecule has 0 aliphatic heterocycles. The van der Waals surface area contributed by atoms with Gasteiger partial charge >= 0.3 is 0 Å². The van der Waals surface area contributed by atoms with Gasteiger partial charge < -0.3 is 9.73 Å². The lowest BCUT2D eigenvalue weighted by atomic mass is 9.92. The van der Waals surface area contributed by atoms with Crippen molar-refractivity contribution in [2.24, 2.45) is 0 Å².